The molecule has 0 spiro atoms. The van der Waals surface area contributed by atoms with E-state index < -0.39 is 22.4 Å². The average molecular weight is 425 g/mol. The fraction of sp³-hybridized carbons (Fsp3) is 0.474. The Bertz CT molecular complexity index is 957. The van der Waals surface area contributed by atoms with Crippen LogP contribution in [0.1, 0.15) is 36.7 Å². The molecule has 1 fully saturated rings. The summed E-state index contributed by atoms with van der Waals surface area (Å²) >= 11 is 0. The van der Waals surface area contributed by atoms with Crippen molar-refractivity contribution >= 4 is 17.3 Å². The first kappa shape index (κ1) is 21.6. The number of nitro benzene ring substituents is 1. The maximum atomic E-state index is 12.9. The normalized spacial score (nSPS) is 15.4. The van der Waals surface area contributed by atoms with Gasteiger partial charge in [0.25, 0.3) is 11.6 Å². The SMILES string of the molecule is CC(C)(C)n1cc(C(=O)N2CCN(c3ccc(C(F)(F)F)cc3[N+](=O)[O-])CC2)cn1. The van der Waals surface area contributed by atoms with Crippen LogP contribution in [0.2, 0.25) is 0 Å². The predicted octanol–water partition coefficient (Wildman–Crippen LogP) is 3.53. The first-order valence-electron chi connectivity index (χ1n) is 9.33. The second-order valence-electron chi connectivity index (χ2n) is 8.08. The summed E-state index contributed by atoms with van der Waals surface area (Å²) in [5.41, 5.74) is -1.38. The lowest BCUT2D eigenvalue weighted by Crippen LogP contribution is -2.49. The molecule has 8 nitrogen and oxygen atoms in total. The number of rotatable bonds is 3. The van der Waals surface area contributed by atoms with E-state index in [1.54, 1.807) is 20.7 Å². The number of aromatic nitrogens is 2. The standard InChI is InChI=1S/C19H22F3N5O3/c1-18(2,3)26-12-13(11-23-26)17(28)25-8-6-24(7-9-25)15-5-4-14(19(20,21)22)10-16(15)27(29)30/h4-5,10-12H,6-9H2,1-3H3. The van der Waals surface area contributed by atoms with Gasteiger partial charge < -0.3 is 9.80 Å². The van der Waals surface area contributed by atoms with Crippen molar-refractivity contribution in [1.82, 2.24) is 14.7 Å². The van der Waals surface area contributed by atoms with Crippen LogP contribution in [0.5, 0.6) is 0 Å². The highest BCUT2D eigenvalue weighted by molar-refractivity contribution is 5.94. The Balaban J connectivity index is 1.73. The fourth-order valence-corrected chi connectivity index (χ4v) is 3.25. The highest BCUT2D eigenvalue weighted by atomic mass is 19.4. The Morgan fingerprint density at radius 1 is 1.13 bits per heavy atom. The molecule has 0 aliphatic carbocycles. The van der Waals surface area contributed by atoms with Gasteiger partial charge in [-0.3, -0.25) is 19.6 Å². The number of piperazine rings is 1. The van der Waals surface area contributed by atoms with Gasteiger partial charge in [-0.1, -0.05) is 0 Å². The van der Waals surface area contributed by atoms with Gasteiger partial charge in [0.15, 0.2) is 0 Å². The Hall–Kier alpha value is -3.11. The molecule has 1 aromatic heterocycles. The van der Waals surface area contributed by atoms with Crippen LogP contribution in [0.4, 0.5) is 24.5 Å². The van der Waals surface area contributed by atoms with Gasteiger partial charge in [0.05, 0.1) is 27.8 Å². The quantitative estimate of drug-likeness (QED) is 0.555. The molecule has 1 aliphatic rings. The summed E-state index contributed by atoms with van der Waals surface area (Å²) < 4.78 is 40.4. The van der Waals surface area contributed by atoms with Crippen LogP contribution in [0.15, 0.2) is 30.6 Å². The molecule has 0 radical (unpaired) electrons. The van der Waals surface area contributed by atoms with E-state index in [0.717, 1.165) is 12.1 Å². The van der Waals surface area contributed by atoms with Crippen LogP contribution < -0.4 is 4.90 Å². The number of alkyl halides is 3. The molecule has 30 heavy (non-hydrogen) atoms. The van der Waals surface area contributed by atoms with Gasteiger partial charge in [0, 0.05) is 38.4 Å². The number of nitro groups is 1. The zero-order chi connectivity index (χ0) is 22.3. The molecule has 0 saturated carbocycles. The highest BCUT2D eigenvalue weighted by Gasteiger charge is 2.34. The average Bonchev–Trinajstić information content (AvgIpc) is 3.17. The van der Waals surface area contributed by atoms with E-state index in [4.69, 9.17) is 0 Å². The van der Waals surface area contributed by atoms with Crippen molar-refractivity contribution in [2.24, 2.45) is 0 Å². The summed E-state index contributed by atoms with van der Waals surface area (Å²) in [6, 6.07) is 2.50. The van der Waals surface area contributed by atoms with E-state index in [0.29, 0.717) is 11.6 Å². The van der Waals surface area contributed by atoms with Crippen LogP contribution >= 0.6 is 0 Å². The van der Waals surface area contributed by atoms with Gasteiger partial charge >= 0.3 is 6.18 Å². The summed E-state index contributed by atoms with van der Waals surface area (Å²) in [5.74, 6) is -0.202. The van der Waals surface area contributed by atoms with E-state index in [-0.39, 0.29) is 43.3 Å². The molecule has 11 heteroatoms. The molecule has 1 aliphatic heterocycles. The smallest absolute Gasteiger partial charge is 0.362 e. The summed E-state index contributed by atoms with van der Waals surface area (Å²) in [4.78, 5) is 26.5. The number of carbonyl (C=O) groups is 1. The van der Waals surface area contributed by atoms with Gasteiger partial charge in [-0.25, -0.2) is 0 Å². The Kier molecular flexibility index (Phi) is 5.48. The van der Waals surface area contributed by atoms with E-state index in [9.17, 15) is 28.1 Å². The third-order valence-corrected chi connectivity index (χ3v) is 4.92. The Morgan fingerprint density at radius 3 is 2.27 bits per heavy atom. The zero-order valence-corrected chi connectivity index (χ0v) is 16.8. The monoisotopic (exact) mass is 425 g/mol. The number of amides is 1. The molecule has 2 aromatic rings. The second kappa shape index (κ2) is 7.62. The largest absolute Gasteiger partial charge is 0.416 e. The number of anilines is 1. The van der Waals surface area contributed by atoms with Crippen molar-refractivity contribution in [2.75, 3.05) is 31.1 Å². The fourth-order valence-electron chi connectivity index (χ4n) is 3.25. The molecule has 1 saturated heterocycles. The van der Waals surface area contributed by atoms with Crippen molar-refractivity contribution in [3.05, 3.63) is 51.8 Å². The second-order valence-corrected chi connectivity index (χ2v) is 8.08. The van der Waals surface area contributed by atoms with Gasteiger partial charge in [-0.15, -0.1) is 0 Å². The maximum Gasteiger partial charge on any atom is 0.416 e. The van der Waals surface area contributed by atoms with Crippen LogP contribution in [-0.2, 0) is 11.7 Å². The van der Waals surface area contributed by atoms with Crippen molar-refractivity contribution < 1.29 is 22.9 Å². The molecule has 1 aromatic carbocycles. The number of carbonyl (C=O) groups excluding carboxylic acids is 1. The minimum Gasteiger partial charge on any atom is -0.362 e. The van der Waals surface area contributed by atoms with Gasteiger partial charge in [0.1, 0.15) is 5.69 Å². The summed E-state index contributed by atoms with van der Waals surface area (Å²) in [7, 11) is 0. The molecular formula is C19H22F3N5O3. The molecule has 2 heterocycles. The number of nitrogens with zero attached hydrogens (tertiary/aromatic N) is 5. The van der Waals surface area contributed by atoms with Crippen molar-refractivity contribution in [1.29, 1.82) is 0 Å². The van der Waals surface area contributed by atoms with Gasteiger partial charge in [0.2, 0.25) is 0 Å². The van der Waals surface area contributed by atoms with Crippen molar-refractivity contribution in [3.8, 4) is 0 Å². The summed E-state index contributed by atoms with van der Waals surface area (Å²) in [5, 5.41) is 15.5. The van der Waals surface area contributed by atoms with Crippen LogP contribution in [-0.4, -0.2) is 51.7 Å². The van der Waals surface area contributed by atoms with Gasteiger partial charge in [-0.2, -0.15) is 18.3 Å². The third-order valence-electron chi connectivity index (χ3n) is 4.92. The van der Waals surface area contributed by atoms with E-state index >= 15 is 0 Å². The number of hydrogen-bond donors (Lipinski definition) is 0. The summed E-state index contributed by atoms with van der Waals surface area (Å²) in [6.07, 6.45) is -1.48. The molecule has 0 N–H and O–H groups in total. The van der Waals surface area contributed by atoms with Crippen LogP contribution in [0.3, 0.4) is 0 Å². The van der Waals surface area contributed by atoms with Gasteiger partial charge in [-0.05, 0) is 32.9 Å². The predicted molar refractivity (Wildman–Crippen MR) is 103 cm³/mol. The van der Waals surface area contributed by atoms with Crippen LogP contribution in [0, 0.1) is 10.1 Å². The number of hydrogen-bond acceptors (Lipinski definition) is 5. The molecule has 0 atom stereocenters. The molecule has 162 valence electrons. The molecular weight excluding hydrogens is 403 g/mol. The van der Waals surface area contributed by atoms with E-state index in [1.807, 2.05) is 20.8 Å². The van der Waals surface area contributed by atoms with E-state index in [1.165, 1.54) is 6.20 Å². The minimum absolute atomic E-state index is 0.112. The third kappa shape index (κ3) is 4.39. The Morgan fingerprint density at radius 2 is 1.77 bits per heavy atom. The number of halogens is 3. The maximum absolute atomic E-state index is 12.9. The van der Waals surface area contributed by atoms with Crippen molar-refractivity contribution in [2.45, 2.75) is 32.5 Å². The summed E-state index contributed by atoms with van der Waals surface area (Å²) in [6.45, 7) is 7.00. The van der Waals surface area contributed by atoms with E-state index in [2.05, 4.69) is 5.10 Å². The Labute approximate surface area is 171 Å². The first-order valence-corrected chi connectivity index (χ1v) is 9.33. The lowest BCUT2D eigenvalue weighted by Gasteiger charge is -2.35. The first-order chi connectivity index (χ1) is 13.9. The zero-order valence-electron chi connectivity index (χ0n) is 16.8. The minimum atomic E-state index is -4.66. The van der Waals surface area contributed by atoms with Crippen molar-refractivity contribution in [3.63, 3.8) is 0 Å². The van der Waals surface area contributed by atoms with Crippen LogP contribution in [0.25, 0.3) is 0 Å². The lowest BCUT2D eigenvalue weighted by atomic mass is 10.1. The molecule has 0 bridgehead atoms. The topological polar surface area (TPSA) is 84.5 Å². The highest BCUT2D eigenvalue weighted by Crippen LogP contribution is 2.36. The lowest BCUT2D eigenvalue weighted by molar-refractivity contribution is -0.384. The molecule has 3 rings (SSSR count). The molecule has 0 unspecified atom stereocenters. The molecule has 1 amide bonds. The number of benzene rings is 1.